The molecule has 1 fully saturated rings. The minimum atomic E-state index is -0.215. The smallest absolute Gasteiger partial charge is 0.136 e. The van der Waals surface area contributed by atoms with E-state index in [1.54, 1.807) is 12.1 Å². The first-order valence-electron chi connectivity index (χ1n) is 7.63. The van der Waals surface area contributed by atoms with Crippen molar-refractivity contribution in [3.63, 3.8) is 0 Å². The molecule has 1 aromatic carbocycles. The van der Waals surface area contributed by atoms with Crippen molar-refractivity contribution in [1.29, 1.82) is 0 Å². The first-order chi connectivity index (χ1) is 9.65. The third kappa shape index (κ3) is 2.72. The van der Waals surface area contributed by atoms with Crippen LogP contribution in [0.25, 0.3) is 0 Å². The summed E-state index contributed by atoms with van der Waals surface area (Å²) < 4.78 is 19.1. The predicted molar refractivity (Wildman–Crippen MR) is 75.3 cm³/mol. The van der Waals surface area contributed by atoms with Crippen LogP contribution in [0.15, 0.2) is 18.2 Å². The monoisotopic (exact) mass is 276 g/mol. The Bertz CT molecular complexity index is 512. The summed E-state index contributed by atoms with van der Waals surface area (Å²) in [7, 11) is 0. The van der Waals surface area contributed by atoms with E-state index in [0.717, 1.165) is 49.8 Å². The van der Waals surface area contributed by atoms with E-state index in [9.17, 15) is 9.18 Å². The molecule has 108 valence electrons. The quantitative estimate of drug-likeness (QED) is 0.836. The van der Waals surface area contributed by atoms with Gasteiger partial charge in [0, 0.05) is 24.3 Å². The summed E-state index contributed by atoms with van der Waals surface area (Å²) in [4.78, 5) is 12.1. The minimum absolute atomic E-state index is 0.0383. The Kier molecular flexibility index (Phi) is 3.77. The van der Waals surface area contributed by atoms with Crippen molar-refractivity contribution < 1.29 is 13.9 Å². The van der Waals surface area contributed by atoms with Gasteiger partial charge in [0.1, 0.15) is 23.5 Å². The van der Waals surface area contributed by atoms with E-state index >= 15 is 0 Å². The highest BCUT2D eigenvalue weighted by Crippen LogP contribution is 2.36. The Balaban J connectivity index is 1.63. The first kappa shape index (κ1) is 13.6. The van der Waals surface area contributed by atoms with Gasteiger partial charge in [0.25, 0.3) is 0 Å². The van der Waals surface area contributed by atoms with Crippen LogP contribution in [0.1, 0.15) is 44.6 Å². The maximum absolute atomic E-state index is 13.2. The lowest BCUT2D eigenvalue weighted by atomic mass is 9.77. The molecule has 3 unspecified atom stereocenters. The molecule has 1 heterocycles. The van der Waals surface area contributed by atoms with Crippen molar-refractivity contribution in [3.05, 3.63) is 29.6 Å². The summed E-state index contributed by atoms with van der Waals surface area (Å²) in [5, 5.41) is 0. The molecule has 0 radical (unpaired) electrons. The zero-order valence-electron chi connectivity index (χ0n) is 11.9. The maximum atomic E-state index is 13.2. The average molecular weight is 276 g/mol. The fourth-order valence-electron chi connectivity index (χ4n) is 3.54. The van der Waals surface area contributed by atoms with Gasteiger partial charge in [0.15, 0.2) is 0 Å². The van der Waals surface area contributed by atoms with Gasteiger partial charge in [-0.25, -0.2) is 4.39 Å². The molecule has 1 aliphatic carbocycles. The molecular formula is C17H21FO2. The third-order valence-electron chi connectivity index (χ3n) is 4.76. The van der Waals surface area contributed by atoms with Gasteiger partial charge in [0.2, 0.25) is 0 Å². The van der Waals surface area contributed by atoms with Gasteiger partial charge in [-0.3, -0.25) is 4.79 Å². The highest BCUT2D eigenvalue weighted by atomic mass is 19.1. The first-order valence-corrected chi connectivity index (χ1v) is 7.63. The van der Waals surface area contributed by atoms with Gasteiger partial charge in [-0.2, -0.15) is 0 Å². The summed E-state index contributed by atoms with van der Waals surface area (Å²) in [5.41, 5.74) is 0.935. The van der Waals surface area contributed by atoms with Crippen LogP contribution in [0.4, 0.5) is 4.39 Å². The van der Waals surface area contributed by atoms with Crippen LogP contribution in [-0.4, -0.2) is 11.9 Å². The Morgan fingerprint density at radius 3 is 3.05 bits per heavy atom. The fourth-order valence-corrected chi connectivity index (χ4v) is 3.54. The van der Waals surface area contributed by atoms with E-state index in [1.165, 1.54) is 6.07 Å². The lowest BCUT2D eigenvalue weighted by Crippen LogP contribution is -2.29. The van der Waals surface area contributed by atoms with Crippen LogP contribution in [-0.2, 0) is 11.2 Å². The summed E-state index contributed by atoms with van der Waals surface area (Å²) in [6, 6.07) is 4.68. The van der Waals surface area contributed by atoms with Crippen molar-refractivity contribution in [2.75, 3.05) is 0 Å². The van der Waals surface area contributed by atoms with E-state index < -0.39 is 0 Å². The molecule has 3 atom stereocenters. The molecule has 0 aromatic heterocycles. The molecule has 0 N–H and O–H groups in total. The molecule has 3 heteroatoms. The third-order valence-corrected chi connectivity index (χ3v) is 4.76. The van der Waals surface area contributed by atoms with Crippen molar-refractivity contribution in [2.24, 2.45) is 11.8 Å². The molecule has 0 amide bonds. The molecule has 1 aliphatic heterocycles. The molecule has 0 bridgehead atoms. The molecule has 2 aliphatic rings. The van der Waals surface area contributed by atoms with Gasteiger partial charge < -0.3 is 4.74 Å². The van der Waals surface area contributed by atoms with Gasteiger partial charge in [0.05, 0.1) is 0 Å². The SMILES string of the molecule is CCC1CCC(=O)C(CC2Cc3cc(F)ccc3O2)C1. The lowest BCUT2D eigenvalue weighted by molar-refractivity contribution is -0.126. The fraction of sp³-hybridized carbons (Fsp3) is 0.588. The maximum Gasteiger partial charge on any atom is 0.136 e. The van der Waals surface area contributed by atoms with E-state index in [2.05, 4.69) is 6.92 Å². The number of fused-ring (bicyclic) bond motifs is 1. The van der Waals surface area contributed by atoms with E-state index in [-0.39, 0.29) is 17.8 Å². The van der Waals surface area contributed by atoms with Crippen LogP contribution >= 0.6 is 0 Å². The molecule has 2 nitrogen and oxygen atoms in total. The minimum Gasteiger partial charge on any atom is -0.490 e. The van der Waals surface area contributed by atoms with E-state index in [4.69, 9.17) is 4.74 Å². The number of benzene rings is 1. The summed E-state index contributed by atoms with van der Waals surface area (Å²) in [6.45, 7) is 2.20. The number of Topliss-reactive ketones (excluding diaryl/α,β-unsaturated/α-hetero) is 1. The molecule has 20 heavy (non-hydrogen) atoms. The largest absolute Gasteiger partial charge is 0.490 e. The Labute approximate surface area is 119 Å². The number of hydrogen-bond donors (Lipinski definition) is 0. The number of hydrogen-bond acceptors (Lipinski definition) is 2. The summed E-state index contributed by atoms with van der Waals surface area (Å²) in [6.07, 6.45) is 5.47. The lowest BCUT2D eigenvalue weighted by Gasteiger charge is -2.28. The normalized spacial score (nSPS) is 29.1. The number of carbonyl (C=O) groups excluding carboxylic acids is 1. The number of halogens is 1. The van der Waals surface area contributed by atoms with Gasteiger partial charge >= 0.3 is 0 Å². The van der Waals surface area contributed by atoms with Gasteiger partial charge in [-0.1, -0.05) is 13.3 Å². The van der Waals surface area contributed by atoms with Crippen LogP contribution in [0.3, 0.4) is 0 Å². The van der Waals surface area contributed by atoms with Crippen molar-refractivity contribution >= 4 is 5.78 Å². The average Bonchev–Trinajstić information content (AvgIpc) is 2.82. The number of ketones is 1. The predicted octanol–water partition coefficient (Wildman–Crippen LogP) is 3.91. The molecule has 1 aromatic rings. The van der Waals surface area contributed by atoms with Gasteiger partial charge in [-0.05, 0) is 43.4 Å². The summed E-state index contributed by atoms with van der Waals surface area (Å²) >= 11 is 0. The van der Waals surface area contributed by atoms with Crippen LogP contribution in [0.2, 0.25) is 0 Å². The second-order valence-corrected chi connectivity index (χ2v) is 6.14. The molecule has 1 saturated carbocycles. The number of carbonyl (C=O) groups is 1. The van der Waals surface area contributed by atoms with E-state index in [1.807, 2.05) is 0 Å². The highest BCUT2D eigenvalue weighted by Gasteiger charge is 2.33. The number of rotatable bonds is 3. The van der Waals surface area contributed by atoms with E-state index in [0.29, 0.717) is 11.7 Å². The second-order valence-electron chi connectivity index (χ2n) is 6.14. The van der Waals surface area contributed by atoms with Gasteiger partial charge in [-0.15, -0.1) is 0 Å². The van der Waals surface area contributed by atoms with Crippen LogP contribution < -0.4 is 4.74 Å². The number of ether oxygens (including phenoxy) is 1. The van der Waals surface area contributed by atoms with Crippen LogP contribution in [0, 0.1) is 17.7 Å². The zero-order chi connectivity index (χ0) is 14.1. The summed E-state index contributed by atoms with van der Waals surface area (Å²) in [5.74, 6) is 1.77. The Morgan fingerprint density at radius 1 is 1.40 bits per heavy atom. The Hall–Kier alpha value is -1.38. The van der Waals surface area contributed by atoms with Crippen molar-refractivity contribution in [1.82, 2.24) is 0 Å². The topological polar surface area (TPSA) is 26.3 Å². The molecule has 0 saturated heterocycles. The van der Waals surface area contributed by atoms with Crippen molar-refractivity contribution in [2.45, 2.75) is 51.6 Å². The van der Waals surface area contributed by atoms with Crippen LogP contribution in [0.5, 0.6) is 5.75 Å². The standard InChI is InChI=1S/C17H21FO2/c1-2-11-3-5-16(19)12(7-11)9-15-10-13-8-14(18)4-6-17(13)20-15/h4,6,8,11-12,15H,2-3,5,7,9-10H2,1H3. The Morgan fingerprint density at radius 2 is 2.25 bits per heavy atom. The highest BCUT2D eigenvalue weighted by molar-refractivity contribution is 5.81. The second kappa shape index (κ2) is 5.55. The molecule has 3 rings (SSSR count). The zero-order valence-corrected chi connectivity index (χ0v) is 11.9. The van der Waals surface area contributed by atoms with Crippen molar-refractivity contribution in [3.8, 4) is 5.75 Å². The molecular weight excluding hydrogens is 255 g/mol. The molecule has 0 spiro atoms.